The van der Waals surface area contributed by atoms with Crippen molar-refractivity contribution in [2.75, 3.05) is 33.9 Å². The van der Waals surface area contributed by atoms with Crippen molar-refractivity contribution in [3.05, 3.63) is 48.0 Å². The summed E-state index contributed by atoms with van der Waals surface area (Å²) < 4.78 is 5.45. The molecule has 0 saturated carbocycles. The number of benzene rings is 1. The van der Waals surface area contributed by atoms with Gasteiger partial charge in [-0.25, -0.2) is 0 Å². The maximum atomic E-state index is 12.2. The zero-order chi connectivity index (χ0) is 15.8. The topological polar surface area (TPSA) is 41.6 Å². The van der Waals surface area contributed by atoms with Crippen molar-refractivity contribution in [2.24, 2.45) is 5.92 Å². The van der Waals surface area contributed by atoms with E-state index in [0.717, 1.165) is 32.6 Å². The van der Waals surface area contributed by atoms with Gasteiger partial charge in [-0.1, -0.05) is 36.4 Å². The molecule has 1 aromatic carbocycles. The zero-order valence-corrected chi connectivity index (χ0v) is 13.5. The van der Waals surface area contributed by atoms with Crippen molar-refractivity contribution in [3.63, 3.8) is 0 Å². The Morgan fingerprint density at radius 3 is 2.64 bits per heavy atom. The molecule has 4 nitrogen and oxygen atoms in total. The monoisotopic (exact) mass is 302 g/mol. The first-order valence-electron chi connectivity index (χ1n) is 7.91. The van der Waals surface area contributed by atoms with Crippen LogP contribution in [0.1, 0.15) is 24.4 Å². The number of amides is 1. The fourth-order valence-electron chi connectivity index (χ4n) is 2.75. The molecule has 1 heterocycles. The molecule has 0 bridgehead atoms. The quantitative estimate of drug-likeness (QED) is 0.820. The van der Waals surface area contributed by atoms with Gasteiger partial charge in [0.05, 0.1) is 6.04 Å². The average molecular weight is 302 g/mol. The highest BCUT2D eigenvalue weighted by molar-refractivity contribution is 5.87. The lowest BCUT2D eigenvalue weighted by Crippen LogP contribution is -2.35. The number of hydrogen-bond donors (Lipinski definition) is 1. The minimum absolute atomic E-state index is 0.0257. The maximum Gasteiger partial charge on any atom is 0.244 e. The number of carbonyl (C=O) groups excluding carboxylic acids is 1. The number of likely N-dealkylation sites (N-methyl/N-ethyl adjacent to an activating group) is 1. The Labute approximate surface area is 133 Å². The Bertz CT molecular complexity index is 479. The molecule has 1 fully saturated rings. The molecule has 1 unspecified atom stereocenters. The number of nitrogens with one attached hydrogen (secondary N) is 1. The summed E-state index contributed by atoms with van der Waals surface area (Å²) in [7, 11) is 3.97. The van der Waals surface area contributed by atoms with Gasteiger partial charge in [-0.05, 0) is 38.4 Å². The highest BCUT2D eigenvalue weighted by atomic mass is 16.5. The Morgan fingerprint density at radius 1 is 1.32 bits per heavy atom. The van der Waals surface area contributed by atoms with Crippen LogP contribution in [0.3, 0.4) is 0 Å². The van der Waals surface area contributed by atoms with E-state index in [1.54, 1.807) is 6.08 Å². The van der Waals surface area contributed by atoms with E-state index in [1.165, 1.54) is 5.56 Å². The van der Waals surface area contributed by atoms with E-state index in [4.69, 9.17) is 4.74 Å². The third kappa shape index (κ3) is 5.28. The second-order valence-corrected chi connectivity index (χ2v) is 6.01. The fourth-order valence-corrected chi connectivity index (χ4v) is 2.75. The van der Waals surface area contributed by atoms with Crippen molar-refractivity contribution in [1.82, 2.24) is 10.2 Å². The van der Waals surface area contributed by atoms with Crippen molar-refractivity contribution in [1.29, 1.82) is 0 Å². The first kappa shape index (κ1) is 16.7. The average Bonchev–Trinajstić information content (AvgIpc) is 2.54. The molecule has 1 N–H and O–H groups in total. The standard InChI is InChI=1S/C18H26N2O2/c1-20(2)12-6-9-17(21)19-18(15-7-4-3-5-8-15)16-10-13-22-14-11-16/h3-9,16,18H,10-14H2,1-2H3,(H,19,21)/b9-6+. The summed E-state index contributed by atoms with van der Waals surface area (Å²) >= 11 is 0. The van der Waals surface area contributed by atoms with E-state index in [2.05, 4.69) is 17.4 Å². The first-order valence-corrected chi connectivity index (χ1v) is 7.91. The fraction of sp³-hybridized carbons (Fsp3) is 0.500. The molecule has 120 valence electrons. The molecule has 1 aliphatic heterocycles. The van der Waals surface area contributed by atoms with Gasteiger partial charge in [-0.3, -0.25) is 4.79 Å². The molecule has 2 rings (SSSR count). The summed E-state index contributed by atoms with van der Waals surface area (Å²) in [6.07, 6.45) is 5.50. The summed E-state index contributed by atoms with van der Waals surface area (Å²) in [5.41, 5.74) is 1.17. The summed E-state index contributed by atoms with van der Waals surface area (Å²) in [6, 6.07) is 10.3. The molecule has 22 heavy (non-hydrogen) atoms. The second-order valence-electron chi connectivity index (χ2n) is 6.01. The predicted octanol–water partition coefficient (Wildman–Crippen LogP) is 2.39. The molecule has 1 aromatic rings. The molecular formula is C18H26N2O2. The van der Waals surface area contributed by atoms with Crippen LogP contribution in [-0.2, 0) is 9.53 Å². The van der Waals surface area contributed by atoms with E-state index < -0.39 is 0 Å². The third-order valence-electron chi connectivity index (χ3n) is 3.93. The van der Waals surface area contributed by atoms with Gasteiger partial charge >= 0.3 is 0 Å². The van der Waals surface area contributed by atoms with Crippen molar-refractivity contribution < 1.29 is 9.53 Å². The van der Waals surface area contributed by atoms with Crippen LogP contribution in [0.4, 0.5) is 0 Å². The summed E-state index contributed by atoms with van der Waals surface area (Å²) in [4.78, 5) is 14.2. The van der Waals surface area contributed by atoms with Gasteiger partial charge in [0, 0.05) is 25.8 Å². The molecule has 0 aliphatic carbocycles. The number of ether oxygens (including phenoxy) is 1. The van der Waals surface area contributed by atoms with Gasteiger partial charge in [0.1, 0.15) is 0 Å². The highest BCUT2D eigenvalue weighted by Crippen LogP contribution is 2.29. The molecular weight excluding hydrogens is 276 g/mol. The Morgan fingerprint density at radius 2 is 2.00 bits per heavy atom. The van der Waals surface area contributed by atoms with Gasteiger partial charge in [-0.15, -0.1) is 0 Å². The summed E-state index contributed by atoms with van der Waals surface area (Å²) in [5.74, 6) is 0.407. The van der Waals surface area contributed by atoms with E-state index in [1.807, 2.05) is 43.3 Å². The molecule has 1 aliphatic rings. The van der Waals surface area contributed by atoms with Gasteiger partial charge in [-0.2, -0.15) is 0 Å². The van der Waals surface area contributed by atoms with Crippen LogP contribution in [0.15, 0.2) is 42.5 Å². The first-order chi connectivity index (χ1) is 10.7. The molecule has 4 heteroatoms. The molecule has 0 radical (unpaired) electrons. The number of rotatable bonds is 6. The van der Waals surface area contributed by atoms with Crippen LogP contribution in [-0.4, -0.2) is 44.7 Å². The van der Waals surface area contributed by atoms with Gasteiger partial charge in [0.15, 0.2) is 0 Å². The largest absolute Gasteiger partial charge is 0.381 e. The normalized spacial score (nSPS) is 17.8. The van der Waals surface area contributed by atoms with Crippen LogP contribution in [0.5, 0.6) is 0 Å². The van der Waals surface area contributed by atoms with Gasteiger partial charge in [0.2, 0.25) is 5.91 Å². The van der Waals surface area contributed by atoms with Crippen LogP contribution >= 0.6 is 0 Å². The Hall–Kier alpha value is -1.65. The molecule has 0 spiro atoms. The number of nitrogens with zero attached hydrogens (tertiary/aromatic N) is 1. The lowest BCUT2D eigenvalue weighted by molar-refractivity contribution is -0.117. The van der Waals surface area contributed by atoms with Crippen molar-refractivity contribution in [2.45, 2.75) is 18.9 Å². The van der Waals surface area contributed by atoms with Crippen LogP contribution in [0.25, 0.3) is 0 Å². The summed E-state index contributed by atoms with van der Waals surface area (Å²) in [5, 5.41) is 3.18. The minimum Gasteiger partial charge on any atom is -0.381 e. The lowest BCUT2D eigenvalue weighted by atomic mass is 9.87. The van der Waals surface area contributed by atoms with Crippen molar-refractivity contribution >= 4 is 5.91 Å². The molecule has 1 atom stereocenters. The second kappa shape index (κ2) is 8.71. The predicted molar refractivity (Wildman–Crippen MR) is 88.6 cm³/mol. The smallest absolute Gasteiger partial charge is 0.244 e. The summed E-state index contributed by atoms with van der Waals surface area (Å²) in [6.45, 7) is 2.32. The lowest BCUT2D eigenvalue weighted by Gasteiger charge is -2.31. The van der Waals surface area contributed by atoms with Crippen molar-refractivity contribution in [3.8, 4) is 0 Å². The van der Waals surface area contributed by atoms with Gasteiger partial charge in [0.25, 0.3) is 0 Å². The highest BCUT2D eigenvalue weighted by Gasteiger charge is 2.26. The van der Waals surface area contributed by atoms with Crippen LogP contribution in [0.2, 0.25) is 0 Å². The van der Waals surface area contributed by atoms with E-state index in [0.29, 0.717) is 5.92 Å². The maximum absolute atomic E-state index is 12.2. The van der Waals surface area contributed by atoms with Crippen LogP contribution in [0, 0.1) is 5.92 Å². The zero-order valence-electron chi connectivity index (χ0n) is 13.5. The van der Waals surface area contributed by atoms with Gasteiger partial charge < -0.3 is 15.0 Å². The van der Waals surface area contributed by atoms with Crippen LogP contribution < -0.4 is 5.32 Å². The minimum atomic E-state index is -0.0257. The Balaban J connectivity index is 2.04. The third-order valence-corrected chi connectivity index (χ3v) is 3.93. The molecule has 0 aromatic heterocycles. The Kier molecular flexibility index (Phi) is 6.62. The SMILES string of the molecule is CN(C)C/C=C/C(=O)NC(c1ccccc1)C1CCOCC1. The number of hydrogen-bond acceptors (Lipinski definition) is 3. The van der Waals surface area contributed by atoms with E-state index >= 15 is 0 Å². The van der Waals surface area contributed by atoms with E-state index in [9.17, 15) is 4.79 Å². The number of carbonyl (C=O) groups is 1. The van der Waals surface area contributed by atoms with E-state index in [-0.39, 0.29) is 11.9 Å². The molecule has 1 amide bonds. The molecule has 1 saturated heterocycles.